The molecule has 1 aromatic carbocycles. The van der Waals surface area contributed by atoms with Crippen molar-refractivity contribution in [3.8, 4) is 0 Å². The summed E-state index contributed by atoms with van der Waals surface area (Å²) in [6.45, 7) is 0. The van der Waals surface area contributed by atoms with E-state index in [1.807, 2.05) is 12.1 Å². The normalized spacial score (nSPS) is 23.9. The molecule has 17 heavy (non-hydrogen) atoms. The number of fused-ring (bicyclic) bond motifs is 1. The summed E-state index contributed by atoms with van der Waals surface area (Å²) in [5.41, 5.74) is 8.53. The Morgan fingerprint density at radius 3 is 2.82 bits per heavy atom. The van der Waals surface area contributed by atoms with Crippen molar-refractivity contribution in [3.63, 3.8) is 0 Å². The maximum absolute atomic E-state index is 6.15. The van der Waals surface area contributed by atoms with Gasteiger partial charge in [0.1, 0.15) is 0 Å². The van der Waals surface area contributed by atoms with E-state index < -0.39 is 0 Å². The molecule has 0 saturated heterocycles. The van der Waals surface area contributed by atoms with Gasteiger partial charge in [0, 0.05) is 23.5 Å². The number of aromatic amines is 1. The molecule has 1 saturated carbocycles. The molecule has 2 aromatic rings. The van der Waals surface area contributed by atoms with Gasteiger partial charge in [-0.15, -0.1) is 12.4 Å². The predicted molar refractivity (Wildman–Crippen MR) is 75.1 cm³/mol. The van der Waals surface area contributed by atoms with E-state index in [-0.39, 0.29) is 12.4 Å². The third-order valence-corrected chi connectivity index (χ3v) is 3.98. The lowest BCUT2D eigenvalue weighted by Crippen LogP contribution is -2.22. The molecule has 2 nitrogen and oxygen atoms in total. The van der Waals surface area contributed by atoms with Gasteiger partial charge < -0.3 is 10.7 Å². The highest BCUT2D eigenvalue weighted by Crippen LogP contribution is 2.38. The van der Waals surface area contributed by atoms with E-state index in [1.165, 1.54) is 23.8 Å². The molecule has 3 N–H and O–H groups in total. The van der Waals surface area contributed by atoms with E-state index in [0.717, 1.165) is 17.0 Å². The van der Waals surface area contributed by atoms with Crippen LogP contribution in [0.5, 0.6) is 0 Å². The molecule has 0 spiro atoms. The van der Waals surface area contributed by atoms with Crippen molar-refractivity contribution in [2.24, 2.45) is 5.73 Å². The number of para-hydroxylation sites is 1. The standard InChI is InChI=1S/C13H15ClN2.ClH/c14-11-5-1-4-9-10(7-16-13(9)11)8-3-2-6-12(8)15;/h1,4-5,7-8,12,16H,2-3,6,15H2;1H/t8?,12-;/m0./s1. The first kappa shape index (κ1) is 12.7. The smallest absolute Gasteiger partial charge is 0.0647 e. The fourth-order valence-corrected chi connectivity index (χ4v) is 3.05. The Bertz CT molecular complexity index is 521. The highest BCUT2D eigenvalue weighted by atomic mass is 35.5. The molecular formula is C13H16Cl2N2. The zero-order valence-corrected chi connectivity index (χ0v) is 11.0. The van der Waals surface area contributed by atoms with E-state index in [2.05, 4.69) is 17.2 Å². The number of aromatic nitrogens is 1. The van der Waals surface area contributed by atoms with Crippen molar-refractivity contribution in [2.45, 2.75) is 31.2 Å². The van der Waals surface area contributed by atoms with Gasteiger partial charge in [-0.25, -0.2) is 0 Å². The topological polar surface area (TPSA) is 41.8 Å². The Kier molecular flexibility index (Phi) is 3.67. The lowest BCUT2D eigenvalue weighted by Gasteiger charge is -2.14. The van der Waals surface area contributed by atoms with Crippen LogP contribution in [0.2, 0.25) is 5.02 Å². The van der Waals surface area contributed by atoms with Crippen molar-refractivity contribution in [1.82, 2.24) is 4.98 Å². The minimum absolute atomic E-state index is 0. The zero-order valence-electron chi connectivity index (χ0n) is 9.45. The van der Waals surface area contributed by atoms with Crippen LogP contribution < -0.4 is 5.73 Å². The second-order valence-electron chi connectivity index (χ2n) is 4.61. The number of nitrogens with one attached hydrogen (secondary N) is 1. The van der Waals surface area contributed by atoms with Crippen molar-refractivity contribution < 1.29 is 0 Å². The summed E-state index contributed by atoms with van der Waals surface area (Å²) >= 11 is 6.15. The van der Waals surface area contributed by atoms with Crippen molar-refractivity contribution >= 4 is 34.9 Å². The van der Waals surface area contributed by atoms with Crippen molar-refractivity contribution in [2.75, 3.05) is 0 Å². The van der Waals surface area contributed by atoms with Crippen molar-refractivity contribution in [3.05, 3.63) is 35.0 Å². The molecule has 1 unspecified atom stereocenters. The third-order valence-electron chi connectivity index (χ3n) is 3.67. The predicted octanol–water partition coefficient (Wildman–Crippen LogP) is 3.84. The number of H-pyrrole nitrogens is 1. The lowest BCUT2D eigenvalue weighted by atomic mass is 9.94. The molecule has 4 heteroatoms. The highest BCUT2D eigenvalue weighted by Gasteiger charge is 2.27. The van der Waals surface area contributed by atoms with Crippen LogP contribution >= 0.6 is 24.0 Å². The summed E-state index contributed by atoms with van der Waals surface area (Å²) < 4.78 is 0. The summed E-state index contributed by atoms with van der Waals surface area (Å²) in [6, 6.07) is 6.34. The van der Waals surface area contributed by atoms with E-state index in [0.29, 0.717) is 12.0 Å². The van der Waals surface area contributed by atoms with Gasteiger partial charge in [0.25, 0.3) is 0 Å². The van der Waals surface area contributed by atoms with Gasteiger partial charge >= 0.3 is 0 Å². The van der Waals surface area contributed by atoms with Crippen LogP contribution in [-0.4, -0.2) is 11.0 Å². The number of hydrogen-bond donors (Lipinski definition) is 2. The average Bonchev–Trinajstić information content (AvgIpc) is 2.84. The second kappa shape index (κ2) is 4.89. The highest BCUT2D eigenvalue weighted by molar-refractivity contribution is 6.35. The number of hydrogen-bond acceptors (Lipinski definition) is 1. The first-order valence-electron chi connectivity index (χ1n) is 5.78. The van der Waals surface area contributed by atoms with Crippen molar-refractivity contribution in [1.29, 1.82) is 0 Å². The number of rotatable bonds is 1. The fourth-order valence-electron chi connectivity index (χ4n) is 2.82. The Hall–Kier alpha value is -0.700. The molecular weight excluding hydrogens is 255 g/mol. The van der Waals surface area contributed by atoms with Crippen LogP contribution in [-0.2, 0) is 0 Å². The Labute approximate surface area is 112 Å². The van der Waals surface area contributed by atoms with Gasteiger partial charge in [0.2, 0.25) is 0 Å². The van der Waals surface area contributed by atoms with Crippen LogP contribution in [0.25, 0.3) is 10.9 Å². The van der Waals surface area contributed by atoms with Gasteiger partial charge in [-0.05, 0) is 24.5 Å². The SMILES string of the molecule is Cl.N[C@H]1CCCC1c1c[nH]c2c(Cl)cccc12. The maximum atomic E-state index is 6.15. The van der Waals surface area contributed by atoms with Crippen LogP contribution in [0.1, 0.15) is 30.7 Å². The molecule has 92 valence electrons. The van der Waals surface area contributed by atoms with Gasteiger partial charge in [0.05, 0.1) is 10.5 Å². The molecule has 0 aliphatic heterocycles. The molecule has 1 aliphatic rings. The van der Waals surface area contributed by atoms with Gasteiger partial charge in [-0.3, -0.25) is 0 Å². The Morgan fingerprint density at radius 2 is 2.12 bits per heavy atom. The number of nitrogens with two attached hydrogens (primary N) is 1. The average molecular weight is 271 g/mol. The minimum atomic E-state index is 0. The third kappa shape index (κ3) is 2.05. The number of halogens is 2. The molecule has 1 fully saturated rings. The summed E-state index contributed by atoms with van der Waals surface area (Å²) in [5, 5.41) is 2.02. The number of benzene rings is 1. The zero-order chi connectivity index (χ0) is 11.1. The van der Waals surface area contributed by atoms with Crippen LogP contribution in [0.4, 0.5) is 0 Å². The summed E-state index contributed by atoms with van der Waals surface area (Å²) in [5.74, 6) is 0.493. The molecule has 1 aromatic heterocycles. The van der Waals surface area contributed by atoms with E-state index in [1.54, 1.807) is 0 Å². The van der Waals surface area contributed by atoms with Crippen LogP contribution in [0.15, 0.2) is 24.4 Å². The monoisotopic (exact) mass is 270 g/mol. The van der Waals surface area contributed by atoms with Gasteiger partial charge in [-0.2, -0.15) is 0 Å². The molecule has 1 heterocycles. The Balaban J connectivity index is 0.00000108. The molecule has 3 rings (SSSR count). The first-order chi connectivity index (χ1) is 7.77. The van der Waals surface area contributed by atoms with Gasteiger partial charge in [0.15, 0.2) is 0 Å². The van der Waals surface area contributed by atoms with Crippen LogP contribution in [0, 0.1) is 0 Å². The van der Waals surface area contributed by atoms with Gasteiger partial charge in [-0.1, -0.05) is 30.2 Å². The second-order valence-corrected chi connectivity index (χ2v) is 5.01. The van der Waals surface area contributed by atoms with E-state index in [4.69, 9.17) is 17.3 Å². The fraction of sp³-hybridized carbons (Fsp3) is 0.385. The molecule has 2 atom stereocenters. The molecule has 0 radical (unpaired) electrons. The largest absolute Gasteiger partial charge is 0.360 e. The molecule has 0 amide bonds. The summed E-state index contributed by atoms with van der Waals surface area (Å²) in [4.78, 5) is 3.27. The van der Waals surface area contributed by atoms with Crippen LogP contribution in [0.3, 0.4) is 0 Å². The Morgan fingerprint density at radius 1 is 1.29 bits per heavy atom. The molecule has 0 bridgehead atoms. The maximum Gasteiger partial charge on any atom is 0.0647 e. The lowest BCUT2D eigenvalue weighted by molar-refractivity contribution is 0.616. The quantitative estimate of drug-likeness (QED) is 0.813. The van der Waals surface area contributed by atoms with E-state index in [9.17, 15) is 0 Å². The first-order valence-corrected chi connectivity index (χ1v) is 6.16. The molecule has 1 aliphatic carbocycles. The summed E-state index contributed by atoms with van der Waals surface area (Å²) in [7, 11) is 0. The minimum Gasteiger partial charge on any atom is -0.360 e. The van der Waals surface area contributed by atoms with E-state index >= 15 is 0 Å². The summed E-state index contributed by atoms with van der Waals surface area (Å²) in [6.07, 6.45) is 5.64.